The van der Waals surface area contributed by atoms with Crippen LogP contribution in [0, 0.1) is 25.2 Å². The molecule has 2 amide bonds. The summed E-state index contributed by atoms with van der Waals surface area (Å²) in [7, 11) is 0. The van der Waals surface area contributed by atoms with Gasteiger partial charge in [0.2, 0.25) is 5.91 Å². The number of hydrogen-bond acceptors (Lipinski definition) is 5. The molecule has 1 heterocycles. The van der Waals surface area contributed by atoms with E-state index in [-0.39, 0.29) is 11.5 Å². The van der Waals surface area contributed by atoms with E-state index in [1.807, 2.05) is 44.2 Å². The predicted molar refractivity (Wildman–Crippen MR) is 120 cm³/mol. The number of rotatable bonds is 6. The van der Waals surface area contributed by atoms with E-state index in [0.717, 1.165) is 16.9 Å². The molecule has 0 aliphatic carbocycles. The van der Waals surface area contributed by atoms with Crippen molar-refractivity contribution in [1.82, 2.24) is 4.57 Å². The van der Waals surface area contributed by atoms with Gasteiger partial charge in [0.05, 0.1) is 11.1 Å². The van der Waals surface area contributed by atoms with Gasteiger partial charge in [0, 0.05) is 24.0 Å². The zero-order valence-corrected chi connectivity index (χ0v) is 17.9. The minimum atomic E-state index is -0.680. The van der Waals surface area contributed by atoms with Crippen molar-refractivity contribution in [3.05, 3.63) is 77.0 Å². The highest BCUT2D eigenvalue weighted by Gasteiger charge is 2.21. The molecule has 0 spiro atoms. The third kappa shape index (κ3) is 4.84. The molecule has 0 unspecified atom stereocenters. The van der Waals surface area contributed by atoms with Crippen LogP contribution in [0.3, 0.4) is 0 Å². The second kappa shape index (κ2) is 9.62. The Balaban J connectivity index is 1.73. The second-order valence-electron chi connectivity index (χ2n) is 7.10. The van der Waals surface area contributed by atoms with Gasteiger partial charge in [-0.1, -0.05) is 18.2 Å². The summed E-state index contributed by atoms with van der Waals surface area (Å²) in [6, 6.07) is 17.6. The third-order valence-electron chi connectivity index (χ3n) is 4.87. The van der Waals surface area contributed by atoms with Gasteiger partial charge in [0.15, 0.2) is 6.61 Å². The van der Waals surface area contributed by atoms with Gasteiger partial charge in [0.1, 0.15) is 11.9 Å². The maximum atomic E-state index is 12.5. The van der Waals surface area contributed by atoms with Crippen LogP contribution in [0.1, 0.15) is 34.1 Å². The van der Waals surface area contributed by atoms with Crippen molar-refractivity contribution in [2.24, 2.45) is 0 Å². The van der Waals surface area contributed by atoms with Gasteiger partial charge in [-0.25, -0.2) is 4.79 Å². The summed E-state index contributed by atoms with van der Waals surface area (Å²) in [6.45, 7) is 4.54. The SMILES string of the molecule is CC(=O)Nc1ccc(C(=O)OCC(=O)Nc2c(C#N)c(C)c(C)n2-c2ccccc2)cc1. The number of para-hydroxylation sites is 1. The van der Waals surface area contributed by atoms with Crippen LogP contribution in [0.2, 0.25) is 0 Å². The lowest BCUT2D eigenvalue weighted by Crippen LogP contribution is -2.23. The smallest absolute Gasteiger partial charge is 0.338 e. The second-order valence-corrected chi connectivity index (χ2v) is 7.10. The largest absolute Gasteiger partial charge is 0.452 e. The summed E-state index contributed by atoms with van der Waals surface area (Å²) in [5.74, 6) is -1.14. The number of aromatic nitrogens is 1. The zero-order chi connectivity index (χ0) is 23.3. The average Bonchev–Trinajstić information content (AvgIpc) is 3.01. The zero-order valence-electron chi connectivity index (χ0n) is 17.9. The average molecular weight is 430 g/mol. The summed E-state index contributed by atoms with van der Waals surface area (Å²) in [5.41, 5.74) is 3.50. The molecule has 1 aromatic heterocycles. The van der Waals surface area contributed by atoms with E-state index >= 15 is 0 Å². The van der Waals surface area contributed by atoms with Gasteiger partial charge < -0.3 is 15.4 Å². The summed E-state index contributed by atoms with van der Waals surface area (Å²) >= 11 is 0. The maximum absolute atomic E-state index is 12.5. The van der Waals surface area contributed by atoms with Gasteiger partial charge in [-0.15, -0.1) is 0 Å². The van der Waals surface area contributed by atoms with Crippen LogP contribution in [0.4, 0.5) is 11.5 Å². The van der Waals surface area contributed by atoms with Crippen LogP contribution in [-0.2, 0) is 14.3 Å². The van der Waals surface area contributed by atoms with Crippen molar-refractivity contribution < 1.29 is 19.1 Å². The molecule has 3 aromatic rings. The highest BCUT2D eigenvalue weighted by Crippen LogP contribution is 2.29. The number of nitrogens with one attached hydrogen (secondary N) is 2. The number of benzene rings is 2. The molecule has 8 heteroatoms. The molecule has 0 atom stereocenters. The van der Waals surface area contributed by atoms with E-state index in [4.69, 9.17) is 4.74 Å². The molecule has 8 nitrogen and oxygen atoms in total. The summed E-state index contributed by atoms with van der Waals surface area (Å²) in [6.07, 6.45) is 0. The van der Waals surface area contributed by atoms with E-state index in [2.05, 4.69) is 16.7 Å². The molecular formula is C24H22N4O4. The van der Waals surface area contributed by atoms with Crippen LogP contribution in [-0.4, -0.2) is 29.0 Å². The lowest BCUT2D eigenvalue weighted by Gasteiger charge is -2.13. The van der Waals surface area contributed by atoms with Crippen molar-refractivity contribution in [3.8, 4) is 11.8 Å². The number of nitrogens with zero attached hydrogens (tertiary/aromatic N) is 2. The topological polar surface area (TPSA) is 113 Å². The number of hydrogen-bond donors (Lipinski definition) is 2. The van der Waals surface area contributed by atoms with Crippen LogP contribution in [0.25, 0.3) is 5.69 Å². The van der Waals surface area contributed by atoms with Crippen molar-refractivity contribution in [2.45, 2.75) is 20.8 Å². The molecule has 0 aliphatic heterocycles. The van der Waals surface area contributed by atoms with Gasteiger partial charge in [0.25, 0.3) is 5.91 Å². The van der Waals surface area contributed by atoms with E-state index in [9.17, 15) is 19.6 Å². The van der Waals surface area contributed by atoms with Crippen molar-refractivity contribution in [1.29, 1.82) is 5.26 Å². The van der Waals surface area contributed by atoms with Crippen LogP contribution >= 0.6 is 0 Å². The van der Waals surface area contributed by atoms with Gasteiger partial charge in [-0.3, -0.25) is 14.2 Å². The molecule has 0 saturated carbocycles. The quantitative estimate of drug-likeness (QED) is 0.579. The van der Waals surface area contributed by atoms with Crippen LogP contribution in [0.15, 0.2) is 54.6 Å². The minimum absolute atomic E-state index is 0.223. The highest BCUT2D eigenvalue weighted by atomic mass is 16.5. The number of carbonyl (C=O) groups is 3. The fourth-order valence-corrected chi connectivity index (χ4v) is 3.24. The van der Waals surface area contributed by atoms with Gasteiger partial charge in [-0.2, -0.15) is 5.26 Å². The minimum Gasteiger partial charge on any atom is -0.452 e. The Morgan fingerprint density at radius 3 is 2.25 bits per heavy atom. The number of esters is 1. The fraction of sp³-hybridized carbons (Fsp3) is 0.167. The molecule has 2 N–H and O–H groups in total. The molecule has 3 rings (SSSR count). The molecule has 32 heavy (non-hydrogen) atoms. The Hall–Kier alpha value is -4.38. The van der Waals surface area contributed by atoms with Crippen molar-refractivity contribution >= 4 is 29.3 Å². The molecule has 0 saturated heterocycles. The molecule has 0 bridgehead atoms. The Morgan fingerprint density at radius 1 is 1.00 bits per heavy atom. The summed E-state index contributed by atoms with van der Waals surface area (Å²) in [5, 5.41) is 14.9. The van der Waals surface area contributed by atoms with E-state index in [0.29, 0.717) is 17.1 Å². The number of carbonyl (C=O) groups excluding carboxylic acids is 3. The molecular weight excluding hydrogens is 408 g/mol. The van der Waals surface area contributed by atoms with E-state index < -0.39 is 18.5 Å². The van der Waals surface area contributed by atoms with E-state index in [1.165, 1.54) is 19.1 Å². The molecule has 0 aliphatic rings. The third-order valence-corrected chi connectivity index (χ3v) is 4.87. The molecule has 0 radical (unpaired) electrons. The van der Waals surface area contributed by atoms with Gasteiger partial charge >= 0.3 is 5.97 Å². The lowest BCUT2D eigenvalue weighted by atomic mass is 10.2. The molecule has 162 valence electrons. The summed E-state index contributed by atoms with van der Waals surface area (Å²) < 4.78 is 6.89. The standard InChI is InChI=1S/C24H22N4O4/c1-15-16(2)28(20-7-5-4-6-8-20)23(21(15)13-25)27-22(30)14-32-24(31)18-9-11-19(12-10-18)26-17(3)29/h4-12H,14H2,1-3H3,(H,26,29)(H,27,30). The molecule has 2 aromatic carbocycles. The Labute approximate surface area is 185 Å². The van der Waals surface area contributed by atoms with Gasteiger partial charge in [-0.05, 0) is 55.8 Å². The number of nitriles is 1. The highest BCUT2D eigenvalue weighted by molar-refractivity contribution is 5.97. The molecule has 0 fully saturated rings. The fourth-order valence-electron chi connectivity index (χ4n) is 3.24. The van der Waals surface area contributed by atoms with Crippen LogP contribution < -0.4 is 10.6 Å². The summed E-state index contributed by atoms with van der Waals surface area (Å²) in [4.78, 5) is 35.9. The Kier molecular flexibility index (Phi) is 6.71. The number of ether oxygens (including phenoxy) is 1. The Bertz CT molecular complexity index is 1210. The van der Waals surface area contributed by atoms with E-state index in [1.54, 1.807) is 16.7 Å². The van der Waals surface area contributed by atoms with Crippen LogP contribution in [0.5, 0.6) is 0 Å². The number of anilines is 2. The maximum Gasteiger partial charge on any atom is 0.338 e. The first-order valence-corrected chi connectivity index (χ1v) is 9.84. The number of amides is 2. The van der Waals surface area contributed by atoms with Crippen molar-refractivity contribution in [3.63, 3.8) is 0 Å². The van der Waals surface area contributed by atoms with Crippen molar-refractivity contribution in [2.75, 3.05) is 17.2 Å². The lowest BCUT2D eigenvalue weighted by molar-refractivity contribution is -0.119. The first-order valence-electron chi connectivity index (χ1n) is 9.84. The predicted octanol–water partition coefficient (Wildman–Crippen LogP) is 3.72. The normalized spacial score (nSPS) is 10.2. The first kappa shape index (κ1) is 22.3. The Morgan fingerprint density at radius 2 is 1.66 bits per heavy atom. The monoisotopic (exact) mass is 430 g/mol. The first-order chi connectivity index (χ1) is 15.3.